The van der Waals surface area contributed by atoms with Crippen LogP contribution in [-0.4, -0.2) is 33.5 Å². The lowest BCUT2D eigenvalue weighted by molar-refractivity contribution is 0.0731. The molecule has 0 spiro atoms. The summed E-state index contributed by atoms with van der Waals surface area (Å²) in [6, 6.07) is 5.81. The molecule has 25 heavy (non-hydrogen) atoms. The second-order valence-corrected chi connectivity index (χ2v) is 6.47. The highest BCUT2D eigenvalue weighted by Crippen LogP contribution is 2.20. The van der Waals surface area contributed by atoms with Crippen LogP contribution < -0.4 is 10.3 Å². The average Bonchev–Trinajstić information content (AvgIpc) is 2.79. The van der Waals surface area contributed by atoms with Crippen molar-refractivity contribution in [2.45, 2.75) is 33.7 Å². The van der Waals surface area contributed by atoms with Crippen LogP contribution in [0, 0.1) is 13.8 Å². The van der Waals surface area contributed by atoms with Gasteiger partial charge in [0.25, 0.3) is 11.5 Å². The standard InChI is InChI=1S/C19H23N3O3/c1-5-16-20-15-11-22(6-7-25-17(15)19(24)21(16)4)18(23)14-9-12(2)8-13(3)10-14/h8-10H,5-7,11H2,1-4H3. The van der Waals surface area contributed by atoms with E-state index in [4.69, 9.17) is 4.74 Å². The largest absolute Gasteiger partial charge is 0.485 e. The summed E-state index contributed by atoms with van der Waals surface area (Å²) >= 11 is 0. The lowest BCUT2D eigenvalue weighted by atomic mass is 10.1. The van der Waals surface area contributed by atoms with Crippen molar-refractivity contribution in [3.05, 3.63) is 56.8 Å². The number of benzene rings is 1. The molecule has 1 aliphatic heterocycles. The van der Waals surface area contributed by atoms with Gasteiger partial charge >= 0.3 is 0 Å². The quantitative estimate of drug-likeness (QED) is 0.838. The molecule has 3 rings (SSSR count). The zero-order valence-electron chi connectivity index (χ0n) is 15.1. The number of ether oxygens (including phenoxy) is 1. The van der Waals surface area contributed by atoms with Gasteiger partial charge in [-0.15, -0.1) is 0 Å². The molecule has 0 radical (unpaired) electrons. The van der Waals surface area contributed by atoms with Gasteiger partial charge in [0.2, 0.25) is 5.75 Å². The molecule has 0 aliphatic carbocycles. The Bertz CT molecular complexity index is 866. The van der Waals surface area contributed by atoms with Gasteiger partial charge in [0.15, 0.2) is 0 Å². The Labute approximate surface area is 147 Å². The van der Waals surface area contributed by atoms with Crippen LogP contribution in [0.1, 0.15) is 39.9 Å². The molecule has 2 aromatic rings. The third-order valence-electron chi connectivity index (χ3n) is 4.43. The van der Waals surface area contributed by atoms with Gasteiger partial charge < -0.3 is 9.64 Å². The van der Waals surface area contributed by atoms with Gasteiger partial charge in [0, 0.05) is 19.0 Å². The SMILES string of the molecule is CCc1nc2c(c(=O)n1C)OCCN(C(=O)c1cc(C)cc(C)c1)C2. The van der Waals surface area contributed by atoms with Gasteiger partial charge in [0.1, 0.15) is 18.1 Å². The molecule has 0 atom stereocenters. The van der Waals surface area contributed by atoms with E-state index in [-0.39, 0.29) is 30.4 Å². The molecule has 1 aromatic carbocycles. The number of rotatable bonds is 2. The minimum absolute atomic E-state index is 0.0659. The molecular weight excluding hydrogens is 318 g/mol. The lowest BCUT2D eigenvalue weighted by Gasteiger charge is -2.20. The molecule has 0 saturated heterocycles. The summed E-state index contributed by atoms with van der Waals surface area (Å²) in [5.41, 5.74) is 3.10. The number of aromatic nitrogens is 2. The minimum atomic E-state index is -0.192. The maximum atomic E-state index is 12.9. The van der Waals surface area contributed by atoms with Crippen molar-refractivity contribution >= 4 is 5.91 Å². The van der Waals surface area contributed by atoms with Gasteiger partial charge in [-0.2, -0.15) is 0 Å². The Morgan fingerprint density at radius 3 is 2.56 bits per heavy atom. The van der Waals surface area contributed by atoms with Crippen molar-refractivity contribution in [3.63, 3.8) is 0 Å². The van der Waals surface area contributed by atoms with Crippen LogP contribution in [0.15, 0.2) is 23.0 Å². The molecule has 0 saturated carbocycles. The topological polar surface area (TPSA) is 64.4 Å². The summed E-state index contributed by atoms with van der Waals surface area (Å²) in [6.07, 6.45) is 0.643. The Kier molecular flexibility index (Phi) is 4.61. The number of hydrogen-bond acceptors (Lipinski definition) is 4. The molecular formula is C19H23N3O3. The molecule has 6 nitrogen and oxygen atoms in total. The van der Waals surface area contributed by atoms with Gasteiger partial charge in [-0.05, 0) is 26.0 Å². The first-order valence-corrected chi connectivity index (χ1v) is 8.50. The molecule has 0 bridgehead atoms. The van der Waals surface area contributed by atoms with E-state index in [1.54, 1.807) is 11.9 Å². The third kappa shape index (κ3) is 3.29. The van der Waals surface area contributed by atoms with E-state index in [9.17, 15) is 9.59 Å². The third-order valence-corrected chi connectivity index (χ3v) is 4.43. The van der Waals surface area contributed by atoms with E-state index in [0.717, 1.165) is 11.1 Å². The van der Waals surface area contributed by atoms with Gasteiger partial charge in [-0.25, -0.2) is 4.98 Å². The first-order valence-electron chi connectivity index (χ1n) is 8.50. The van der Waals surface area contributed by atoms with E-state index in [1.807, 2.05) is 39.0 Å². The highest BCUT2D eigenvalue weighted by Gasteiger charge is 2.25. The number of fused-ring (bicyclic) bond motifs is 1. The van der Waals surface area contributed by atoms with E-state index < -0.39 is 0 Å². The molecule has 6 heteroatoms. The zero-order valence-corrected chi connectivity index (χ0v) is 15.1. The van der Waals surface area contributed by atoms with Crippen LogP contribution >= 0.6 is 0 Å². The highest BCUT2D eigenvalue weighted by atomic mass is 16.5. The Morgan fingerprint density at radius 1 is 1.24 bits per heavy atom. The molecule has 1 amide bonds. The monoisotopic (exact) mass is 341 g/mol. The predicted octanol–water partition coefficient (Wildman–Crippen LogP) is 1.99. The average molecular weight is 341 g/mol. The summed E-state index contributed by atoms with van der Waals surface area (Å²) < 4.78 is 7.15. The Balaban J connectivity index is 1.97. The minimum Gasteiger partial charge on any atom is -0.485 e. The van der Waals surface area contributed by atoms with E-state index >= 15 is 0 Å². The number of hydrogen-bond donors (Lipinski definition) is 0. The van der Waals surface area contributed by atoms with Crippen molar-refractivity contribution in [3.8, 4) is 5.75 Å². The first kappa shape index (κ1) is 17.2. The van der Waals surface area contributed by atoms with E-state index in [2.05, 4.69) is 4.98 Å². The Hall–Kier alpha value is -2.63. The molecule has 132 valence electrons. The number of carbonyl (C=O) groups is 1. The summed E-state index contributed by atoms with van der Waals surface area (Å²) in [5.74, 6) is 0.882. The summed E-state index contributed by atoms with van der Waals surface area (Å²) in [7, 11) is 1.70. The molecule has 0 N–H and O–H groups in total. The van der Waals surface area contributed by atoms with Crippen molar-refractivity contribution in [2.24, 2.45) is 7.05 Å². The van der Waals surface area contributed by atoms with Crippen LogP contribution in [0.3, 0.4) is 0 Å². The Morgan fingerprint density at radius 2 is 1.92 bits per heavy atom. The van der Waals surface area contributed by atoms with Crippen molar-refractivity contribution in [2.75, 3.05) is 13.2 Å². The first-order chi connectivity index (χ1) is 11.9. The second kappa shape index (κ2) is 6.70. The van der Waals surface area contributed by atoms with Gasteiger partial charge in [-0.3, -0.25) is 14.2 Å². The number of nitrogens with zero attached hydrogens (tertiary/aromatic N) is 3. The van der Waals surface area contributed by atoms with E-state index in [0.29, 0.717) is 30.0 Å². The molecule has 0 fully saturated rings. The number of carbonyl (C=O) groups excluding carboxylic acids is 1. The van der Waals surface area contributed by atoms with Crippen molar-refractivity contribution in [1.82, 2.24) is 14.5 Å². The molecule has 0 unspecified atom stereocenters. The molecule has 2 heterocycles. The highest BCUT2D eigenvalue weighted by molar-refractivity contribution is 5.94. The fourth-order valence-electron chi connectivity index (χ4n) is 3.21. The van der Waals surface area contributed by atoms with Crippen molar-refractivity contribution < 1.29 is 9.53 Å². The summed E-state index contributed by atoms with van der Waals surface area (Å²) in [5, 5.41) is 0. The molecule has 1 aromatic heterocycles. The van der Waals surface area contributed by atoms with Crippen LogP contribution in [0.2, 0.25) is 0 Å². The maximum absolute atomic E-state index is 12.9. The molecule has 1 aliphatic rings. The van der Waals surface area contributed by atoms with Gasteiger partial charge in [0.05, 0.1) is 13.1 Å². The lowest BCUT2D eigenvalue weighted by Crippen LogP contribution is -2.33. The van der Waals surface area contributed by atoms with Crippen LogP contribution in [0.4, 0.5) is 0 Å². The van der Waals surface area contributed by atoms with Crippen LogP contribution in [-0.2, 0) is 20.0 Å². The maximum Gasteiger partial charge on any atom is 0.296 e. The smallest absolute Gasteiger partial charge is 0.296 e. The summed E-state index contributed by atoms with van der Waals surface area (Å²) in [4.78, 5) is 31.7. The fourth-order valence-corrected chi connectivity index (χ4v) is 3.21. The zero-order chi connectivity index (χ0) is 18.1. The van der Waals surface area contributed by atoms with Gasteiger partial charge in [-0.1, -0.05) is 24.1 Å². The van der Waals surface area contributed by atoms with E-state index in [1.165, 1.54) is 4.57 Å². The van der Waals surface area contributed by atoms with Crippen LogP contribution in [0.5, 0.6) is 5.75 Å². The normalized spacial score (nSPS) is 13.8. The van der Waals surface area contributed by atoms with Crippen LogP contribution in [0.25, 0.3) is 0 Å². The number of aryl methyl sites for hydroxylation is 3. The number of amides is 1. The summed E-state index contributed by atoms with van der Waals surface area (Å²) in [6.45, 7) is 6.89. The fraction of sp³-hybridized carbons (Fsp3) is 0.421. The second-order valence-electron chi connectivity index (χ2n) is 6.47. The predicted molar refractivity (Wildman–Crippen MR) is 95.0 cm³/mol. The van der Waals surface area contributed by atoms with Crippen molar-refractivity contribution in [1.29, 1.82) is 0 Å².